The molecule has 0 spiro atoms. The van der Waals surface area contributed by atoms with Gasteiger partial charge in [0.1, 0.15) is 0 Å². The molecule has 2 amide bonds. The molecule has 30 heavy (non-hydrogen) atoms. The Morgan fingerprint density at radius 3 is 1.90 bits per heavy atom. The van der Waals surface area contributed by atoms with Crippen molar-refractivity contribution in [3.8, 4) is 0 Å². The summed E-state index contributed by atoms with van der Waals surface area (Å²) in [7, 11) is 0. The number of hydrogen-bond acceptors (Lipinski definition) is 2. The Hall–Kier alpha value is -3.04. The Morgan fingerprint density at radius 2 is 1.37 bits per heavy atom. The van der Waals surface area contributed by atoms with Crippen molar-refractivity contribution in [3.63, 3.8) is 0 Å². The second-order valence-corrected chi connectivity index (χ2v) is 6.79. The smallest absolute Gasteiger partial charge is 0.339 e. The number of rotatable bonds is 3. The molecule has 10 heteroatoms. The van der Waals surface area contributed by atoms with Crippen LogP contribution >= 0.6 is 0 Å². The third-order valence-corrected chi connectivity index (χ3v) is 4.65. The summed E-state index contributed by atoms with van der Waals surface area (Å²) in [5.74, 6) is -1.56. The maximum atomic E-state index is 13.0. The quantitative estimate of drug-likeness (QED) is 0.680. The zero-order valence-electron chi connectivity index (χ0n) is 15.4. The van der Waals surface area contributed by atoms with Gasteiger partial charge in [-0.25, -0.2) is 0 Å². The molecular weight excluding hydrogens is 414 g/mol. The van der Waals surface area contributed by atoms with Crippen LogP contribution in [0.4, 0.5) is 32.0 Å². The van der Waals surface area contributed by atoms with Gasteiger partial charge in [0.2, 0.25) is 0 Å². The van der Waals surface area contributed by atoms with E-state index < -0.39 is 35.0 Å². The largest absolute Gasteiger partial charge is 0.416 e. The van der Waals surface area contributed by atoms with Crippen molar-refractivity contribution in [1.82, 2.24) is 4.90 Å². The van der Waals surface area contributed by atoms with Crippen LogP contribution in [0.2, 0.25) is 0 Å². The van der Waals surface area contributed by atoms with Crippen LogP contribution in [0.3, 0.4) is 0 Å². The van der Waals surface area contributed by atoms with Crippen molar-refractivity contribution >= 4 is 17.5 Å². The minimum atomic E-state index is -5.07. The number of carbonyl (C=O) groups is 2. The number of alkyl halides is 6. The van der Waals surface area contributed by atoms with E-state index in [1.54, 1.807) is 11.0 Å². The van der Waals surface area contributed by atoms with Crippen LogP contribution in [0.5, 0.6) is 0 Å². The predicted octanol–water partition coefficient (Wildman–Crippen LogP) is 5.21. The molecule has 2 aromatic rings. The number of anilines is 1. The highest BCUT2D eigenvalue weighted by molar-refractivity contribution is 6.09. The molecule has 0 unspecified atom stereocenters. The number of nitrogens with zero attached hydrogens (tertiary/aromatic N) is 1. The molecule has 0 bridgehead atoms. The Labute approximate surface area is 167 Å². The van der Waals surface area contributed by atoms with Gasteiger partial charge in [0.15, 0.2) is 0 Å². The fourth-order valence-corrected chi connectivity index (χ4v) is 3.15. The molecule has 1 N–H and O–H groups in total. The second-order valence-electron chi connectivity index (χ2n) is 6.79. The SMILES string of the molecule is O=C(Nc1ccccc1C(=O)N1CCCC1)c1cc(C(F)(F)F)cc(C(F)(F)F)c1. The van der Waals surface area contributed by atoms with Crippen molar-refractivity contribution < 1.29 is 35.9 Å². The van der Waals surface area contributed by atoms with Crippen LogP contribution in [0, 0.1) is 0 Å². The molecule has 1 fully saturated rings. The highest BCUT2D eigenvalue weighted by atomic mass is 19.4. The first-order valence-corrected chi connectivity index (χ1v) is 8.96. The fourth-order valence-electron chi connectivity index (χ4n) is 3.15. The summed E-state index contributed by atoms with van der Waals surface area (Å²) in [4.78, 5) is 26.7. The van der Waals surface area contributed by atoms with E-state index in [2.05, 4.69) is 5.32 Å². The zero-order chi connectivity index (χ0) is 22.1. The molecule has 4 nitrogen and oxygen atoms in total. The van der Waals surface area contributed by atoms with E-state index in [1.807, 2.05) is 0 Å². The van der Waals surface area contributed by atoms with E-state index in [1.165, 1.54) is 18.2 Å². The maximum Gasteiger partial charge on any atom is 0.416 e. The first-order chi connectivity index (χ1) is 14.0. The number of benzene rings is 2. The van der Waals surface area contributed by atoms with Crippen molar-refractivity contribution in [2.45, 2.75) is 25.2 Å². The van der Waals surface area contributed by atoms with Crippen LogP contribution < -0.4 is 5.32 Å². The van der Waals surface area contributed by atoms with Gasteiger partial charge in [-0.1, -0.05) is 12.1 Å². The van der Waals surface area contributed by atoms with Gasteiger partial charge in [-0.2, -0.15) is 26.3 Å². The summed E-state index contributed by atoms with van der Waals surface area (Å²) in [5.41, 5.74) is -3.89. The van der Waals surface area contributed by atoms with Crippen LogP contribution in [0.25, 0.3) is 0 Å². The van der Waals surface area contributed by atoms with Gasteiger partial charge < -0.3 is 10.2 Å². The number of amides is 2. The van der Waals surface area contributed by atoms with E-state index in [4.69, 9.17) is 0 Å². The van der Waals surface area contributed by atoms with Crippen molar-refractivity contribution in [2.24, 2.45) is 0 Å². The lowest BCUT2D eigenvalue weighted by Gasteiger charge is -2.18. The third-order valence-electron chi connectivity index (χ3n) is 4.65. The minimum Gasteiger partial charge on any atom is -0.339 e. The molecule has 3 rings (SSSR count). The normalized spacial score (nSPS) is 14.7. The topological polar surface area (TPSA) is 49.4 Å². The monoisotopic (exact) mass is 430 g/mol. The number of hydrogen-bond donors (Lipinski definition) is 1. The van der Waals surface area contributed by atoms with Crippen molar-refractivity contribution in [1.29, 1.82) is 0 Å². The average Bonchev–Trinajstić information content (AvgIpc) is 3.21. The molecule has 1 aliphatic heterocycles. The highest BCUT2D eigenvalue weighted by Crippen LogP contribution is 2.36. The molecule has 0 atom stereocenters. The zero-order valence-corrected chi connectivity index (χ0v) is 15.4. The lowest BCUT2D eigenvalue weighted by molar-refractivity contribution is -0.143. The number of nitrogens with one attached hydrogen (secondary N) is 1. The Bertz CT molecular complexity index is 930. The lowest BCUT2D eigenvalue weighted by Crippen LogP contribution is -2.29. The average molecular weight is 430 g/mol. The van der Waals surface area contributed by atoms with Crippen LogP contribution in [0.15, 0.2) is 42.5 Å². The summed E-state index contributed by atoms with van der Waals surface area (Å²) in [6.07, 6.45) is -8.49. The summed E-state index contributed by atoms with van der Waals surface area (Å²) < 4.78 is 78.1. The third kappa shape index (κ3) is 4.74. The van der Waals surface area contributed by atoms with Gasteiger partial charge in [0, 0.05) is 18.7 Å². The molecule has 0 aliphatic carbocycles. The van der Waals surface area contributed by atoms with Gasteiger partial charge in [0.25, 0.3) is 11.8 Å². The predicted molar refractivity (Wildman–Crippen MR) is 96.0 cm³/mol. The van der Waals surface area contributed by atoms with Gasteiger partial charge in [-0.05, 0) is 43.2 Å². The summed E-state index contributed by atoms with van der Waals surface area (Å²) >= 11 is 0. The molecule has 160 valence electrons. The standard InChI is InChI=1S/C20H16F6N2O2/c21-19(22,23)13-9-12(10-14(11-13)20(24,25)26)17(29)27-16-6-2-1-5-15(16)18(30)28-7-3-4-8-28/h1-2,5-6,9-11H,3-4,7-8H2,(H,27,29). The van der Waals surface area contributed by atoms with E-state index in [0.717, 1.165) is 12.8 Å². The number of carbonyl (C=O) groups excluding carboxylic acids is 2. The van der Waals surface area contributed by atoms with Gasteiger partial charge >= 0.3 is 12.4 Å². The molecule has 0 saturated carbocycles. The van der Waals surface area contributed by atoms with E-state index in [9.17, 15) is 35.9 Å². The second kappa shape index (κ2) is 8.00. The Balaban J connectivity index is 1.94. The molecule has 1 aliphatic rings. The summed E-state index contributed by atoms with van der Waals surface area (Å²) in [6, 6.07) is 6.46. The van der Waals surface area contributed by atoms with Gasteiger partial charge in [0.05, 0.1) is 22.4 Å². The number of likely N-dealkylation sites (tertiary alicyclic amines) is 1. The van der Waals surface area contributed by atoms with Gasteiger partial charge in [-0.3, -0.25) is 9.59 Å². The maximum absolute atomic E-state index is 13.0. The molecule has 0 aromatic heterocycles. The molecule has 1 heterocycles. The van der Waals surface area contributed by atoms with Crippen molar-refractivity contribution in [3.05, 3.63) is 64.7 Å². The van der Waals surface area contributed by atoms with E-state index in [-0.39, 0.29) is 23.2 Å². The van der Waals surface area contributed by atoms with Crippen LogP contribution in [-0.4, -0.2) is 29.8 Å². The lowest BCUT2D eigenvalue weighted by atomic mass is 10.0. The van der Waals surface area contributed by atoms with Crippen LogP contribution in [-0.2, 0) is 12.4 Å². The summed E-state index contributed by atoms with van der Waals surface area (Å²) in [6.45, 7) is 1.06. The van der Waals surface area contributed by atoms with Crippen LogP contribution in [0.1, 0.15) is 44.7 Å². The number of halogens is 6. The fraction of sp³-hybridized carbons (Fsp3) is 0.300. The van der Waals surface area contributed by atoms with Crippen molar-refractivity contribution in [2.75, 3.05) is 18.4 Å². The molecule has 2 aromatic carbocycles. The first kappa shape index (κ1) is 21.7. The first-order valence-electron chi connectivity index (χ1n) is 8.96. The minimum absolute atomic E-state index is 0.00497. The highest BCUT2D eigenvalue weighted by Gasteiger charge is 2.37. The molecule has 0 radical (unpaired) electrons. The number of para-hydroxylation sites is 1. The molecular formula is C20H16F6N2O2. The van der Waals surface area contributed by atoms with Gasteiger partial charge in [-0.15, -0.1) is 0 Å². The summed E-state index contributed by atoms with van der Waals surface area (Å²) in [5, 5.41) is 2.27. The molecule has 1 saturated heterocycles. The van der Waals surface area contributed by atoms with E-state index >= 15 is 0 Å². The Morgan fingerprint density at radius 1 is 0.833 bits per heavy atom. The Kier molecular flexibility index (Phi) is 5.78. The van der Waals surface area contributed by atoms with E-state index in [0.29, 0.717) is 25.2 Å².